The predicted octanol–water partition coefficient (Wildman–Crippen LogP) is 4.54. The number of benzene rings is 1. The lowest BCUT2D eigenvalue weighted by Gasteiger charge is -2.01. The third-order valence-corrected chi connectivity index (χ3v) is 5.18. The van der Waals surface area contributed by atoms with Crippen LogP contribution in [0.1, 0.15) is 24.0 Å². The van der Waals surface area contributed by atoms with Crippen molar-refractivity contribution < 1.29 is 17.3 Å². The summed E-state index contributed by atoms with van der Waals surface area (Å²) in [5.41, 5.74) is 2.73. The van der Waals surface area contributed by atoms with Gasteiger partial charge < -0.3 is 17.3 Å². The van der Waals surface area contributed by atoms with Crippen LogP contribution in [0.25, 0.3) is 6.08 Å². The van der Waals surface area contributed by atoms with Gasteiger partial charge in [-0.15, -0.1) is 0 Å². The van der Waals surface area contributed by atoms with E-state index in [0.29, 0.717) is 10.9 Å². The van der Waals surface area contributed by atoms with Gasteiger partial charge in [0.2, 0.25) is 0 Å². The average Bonchev–Trinajstić information content (AvgIpc) is 2.81. The number of hydrogen-bond acceptors (Lipinski definition) is 0. The summed E-state index contributed by atoms with van der Waals surface area (Å²) in [6.45, 7) is 3.77. The molecule has 1 aromatic rings. The standard InChI is InChI=1S/C13H17S.BF4/c1-2-12-5-7-13(8-6-12)11-14-9-3-4-10-14;2-1(3,4)5/h2,5-8H,1,3-4,9-11H2;/q+1;-1. The molecule has 0 saturated carbocycles. The minimum absolute atomic E-state index is 0.687. The van der Waals surface area contributed by atoms with Gasteiger partial charge in [0.1, 0.15) is 17.3 Å². The zero-order valence-electron chi connectivity index (χ0n) is 10.6. The summed E-state index contributed by atoms with van der Waals surface area (Å²) < 4.78 is 39.0. The summed E-state index contributed by atoms with van der Waals surface area (Å²) in [5, 5.41) is 0. The Bertz CT molecular complexity index is 377. The first kappa shape index (κ1) is 16.2. The molecule has 1 saturated heterocycles. The maximum atomic E-state index is 9.75. The first-order valence-electron chi connectivity index (χ1n) is 6.11. The van der Waals surface area contributed by atoms with Gasteiger partial charge in [-0.05, 0) is 29.3 Å². The highest BCUT2D eigenvalue weighted by molar-refractivity contribution is 7.96. The first-order chi connectivity index (χ1) is 8.88. The van der Waals surface area contributed by atoms with Crippen molar-refractivity contribution in [2.75, 3.05) is 11.5 Å². The highest BCUT2D eigenvalue weighted by atomic mass is 32.2. The number of rotatable bonds is 3. The molecule has 0 aromatic heterocycles. The van der Waals surface area contributed by atoms with E-state index in [-0.39, 0.29) is 0 Å². The molecular weight excluding hydrogens is 275 g/mol. The smallest absolute Gasteiger partial charge is 0.418 e. The van der Waals surface area contributed by atoms with Crippen LogP contribution >= 0.6 is 0 Å². The Kier molecular flexibility index (Phi) is 6.48. The molecule has 19 heavy (non-hydrogen) atoms. The van der Waals surface area contributed by atoms with E-state index in [1.807, 2.05) is 6.08 Å². The molecule has 1 heterocycles. The Morgan fingerprint density at radius 1 is 1.05 bits per heavy atom. The van der Waals surface area contributed by atoms with Crippen molar-refractivity contribution in [2.45, 2.75) is 18.6 Å². The van der Waals surface area contributed by atoms with Gasteiger partial charge in [-0.2, -0.15) is 0 Å². The Morgan fingerprint density at radius 3 is 1.95 bits per heavy atom. The van der Waals surface area contributed by atoms with Gasteiger partial charge >= 0.3 is 7.25 Å². The quantitative estimate of drug-likeness (QED) is 0.436. The third-order valence-electron chi connectivity index (χ3n) is 2.70. The molecule has 0 unspecified atom stereocenters. The van der Waals surface area contributed by atoms with Gasteiger partial charge in [0.05, 0.1) is 0 Å². The molecule has 1 fully saturated rings. The van der Waals surface area contributed by atoms with E-state index in [9.17, 15) is 17.3 Å². The van der Waals surface area contributed by atoms with Crippen molar-refractivity contribution in [3.63, 3.8) is 0 Å². The molecule has 0 radical (unpaired) electrons. The fraction of sp³-hybridized carbons (Fsp3) is 0.385. The molecule has 0 atom stereocenters. The van der Waals surface area contributed by atoms with E-state index in [0.717, 1.165) is 0 Å². The van der Waals surface area contributed by atoms with Gasteiger partial charge in [-0.3, -0.25) is 0 Å². The lowest BCUT2D eigenvalue weighted by atomic mass is 10.1. The van der Waals surface area contributed by atoms with Crippen LogP contribution in [0.4, 0.5) is 17.3 Å². The number of halogens is 4. The third kappa shape index (κ3) is 7.98. The van der Waals surface area contributed by atoms with E-state index in [1.54, 1.807) is 0 Å². The predicted molar refractivity (Wildman–Crippen MR) is 76.8 cm³/mol. The Labute approximate surface area is 114 Å². The van der Waals surface area contributed by atoms with E-state index < -0.39 is 7.25 Å². The van der Waals surface area contributed by atoms with E-state index in [2.05, 4.69) is 30.8 Å². The maximum Gasteiger partial charge on any atom is 0.673 e. The largest absolute Gasteiger partial charge is 0.673 e. The van der Waals surface area contributed by atoms with Crippen molar-refractivity contribution in [1.29, 1.82) is 0 Å². The zero-order valence-corrected chi connectivity index (χ0v) is 11.4. The van der Waals surface area contributed by atoms with E-state index in [4.69, 9.17) is 0 Å². The lowest BCUT2D eigenvalue weighted by molar-refractivity contribution is 0.368. The summed E-state index contributed by atoms with van der Waals surface area (Å²) in [5.74, 6) is 4.23. The van der Waals surface area contributed by atoms with Crippen LogP contribution in [-0.4, -0.2) is 18.8 Å². The molecule has 2 rings (SSSR count). The molecule has 1 aliphatic rings. The summed E-state index contributed by atoms with van der Waals surface area (Å²) in [6.07, 6.45) is 4.81. The Hall–Kier alpha value is -0.905. The van der Waals surface area contributed by atoms with Crippen molar-refractivity contribution in [3.8, 4) is 0 Å². The van der Waals surface area contributed by atoms with E-state index in [1.165, 1.54) is 41.2 Å². The topological polar surface area (TPSA) is 0 Å². The van der Waals surface area contributed by atoms with Crippen LogP contribution in [0.2, 0.25) is 0 Å². The first-order valence-corrected chi connectivity index (χ1v) is 7.84. The molecule has 0 aliphatic carbocycles. The molecule has 1 aromatic carbocycles. The monoisotopic (exact) mass is 292 g/mol. The molecule has 6 heteroatoms. The molecule has 0 bridgehead atoms. The van der Waals surface area contributed by atoms with Crippen molar-refractivity contribution >= 4 is 24.2 Å². The van der Waals surface area contributed by atoms with Crippen LogP contribution in [0, 0.1) is 0 Å². The fourth-order valence-corrected chi connectivity index (χ4v) is 4.23. The van der Waals surface area contributed by atoms with Crippen LogP contribution < -0.4 is 0 Å². The van der Waals surface area contributed by atoms with Crippen LogP contribution in [-0.2, 0) is 16.6 Å². The highest BCUT2D eigenvalue weighted by Crippen LogP contribution is 2.18. The van der Waals surface area contributed by atoms with Crippen molar-refractivity contribution in [1.82, 2.24) is 0 Å². The van der Waals surface area contributed by atoms with Gasteiger partial charge in [0.25, 0.3) is 0 Å². The van der Waals surface area contributed by atoms with Gasteiger partial charge in [-0.25, -0.2) is 0 Å². The molecule has 0 amide bonds. The molecule has 0 N–H and O–H groups in total. The normalized spacial score (nSPS) is 15.8. The molecular formula is C13H17BF4S. The van der Waals surface area contributed by atoms with Gasteiger partial charge in [0.15, 0.2) is 0 Å². The Morgan fingerprint density at radius 2 is 1.53 bits per heavy atom. The van der Waals surface area contributed by atoms with Gasteiger partial charge in [-0.1, -0.05) is 36.9 Å². The zero-order chi connectivity index (χ0) is 14.3. The summed E-state index contributed by atoms with van der Waals surface area (Å²) in [7, 11) is -5.31. The molecule has 0 nitrogen and oxygen atoms in total. The van der Waals surface area contributed by atoms with Gasteiger partial charge in [0, 0.05) is 5.56 Å². The van der Waals surface area contributed by atoms with E-state index >= 15 is 0 Å². The fourth-order valence-electron chi connectivity index (χ4n) is 1.84. The highest BCUT2D eigenvalue weighted by Gasteiger charge is 2.23. The average molecular weight is 292 g/mol. The second-order valence-electron chi connectivity index (χ2n) is 4.31. The van der Waals surface area contributed by atoms with Crippen molar-refractivity contribution in [3.05, 3.63) is 42.0 Å². The van der Waals surface area contributed by atoms with Crippen molar-refractivity contribution in [2.24, 2.45) is 0 Å². The minimum atomic E-state index is -6.00. The summed E-state index contributed by atoms with van der Waals surface area (Å²) in [4.78, 5) is 0. The van der Waals surface area contributed by atoms with Crippen LogP contribution in [0.3, 0.4) is 0 Å². The lowest BCUT2D eigenvalue weighted by Crippen LogP contribution is -2.06. The summed E-state index contributed by atoms with van der Waals surface area (Å²) >= 11 is 0. The molecule has 0 spiro atoms. The number of hydrogen-bond donors (Lipinski definition) is 0. The minimum Gasteiger partial charge on any atom is -0.418 e. The summed E-state index contributed by atoms with van der Waals surface area (Å²) in [6, 6.07) is 8.84. The Balaban J connectivity index is 0.000000312. The van der Waals surface area contributed by atoms with Crippen LogP contribution in [0.15, 0.2) is 30.8 Å². The molecule has 1 aliphatic heterocycles. The second kappa shape index (κ2) is 7.63. The maximum absolute atomic E-state index is 9.75. The second-order valence-corrected chi connectivity index (χ2v) is 6.64. The van der Waals surface area contributed by atoms with Crippen LogP contribution in [0.5, 0.6) is 0 Å². The SMILES string of the molecule is C=Cc1ccc(C[S+]2CCCC2)cc1.F[B-](F)(F)F. The molecule has 106 valence electrons.